The summed E-state index contributed by atoms with van der Waals surface area (Å²) in [6.07, 6.45) is -0.699. The van der Waals surface area contributed by atoms with Crippen LogP contribution in [0.1, 0.15) is 14.4 Å². The van der Waals surface area contributed by atoms with Crippen LogP contribution in [0.4, 0.5) is 0 Å². The molecule has 0 atom stereocenters. The van der Waals surface area contributed by atoms with Gasteiger partial charge in [-0.3, -0.25) is 0 Å². The predicted octanol–water partition coefficient (Wildman–Crippen LogP) is 0.0685. The van der Waals surface area contributed by atoms with Crippen molar-refractivity contribution in [1.29, 1.82) is 0 Å². The van der Waals surface area contributed by atoms with Crippen LogP contribution < -0.4 is 0 Å². The van der Waals surface area contributed by atoms with Crippen LogP contribution in [0.15, 0.2) is 0 Å². The lowest BCUT2D eigenvalue weighted by atomic mass is 10.7. The van der Waals surface area contributed by atoms with E-state index in [1.807, 2.05) is 0 Å². The first kappa shape index (κ1) is 7.94. The summed E-state index contributed by atoms with van der Waals surface area (Å²) in [5, 5.41) is 0. The van der Waals surface area contributed by atoms with Crippen LogP contribution in [0.25, 0.3) is 0 Å². The summed E-state index contributed by atoms with van der Waals surface area (Å²) in [5.41, 5.74) is 0. The zero-order valence-corrected chi connectivity index (χ0v) is 4.21. The van der Waals surface area contributed by atoms with Gasteiger partial charge < -0.3 is 9.47 Å². The van der Waals surface area contributed by atoms with Crippen molar-refractivity contribution in [2.75, 3.05) is 0 Å². The molecule has 1 aliphatic heterocycles. The Morgan fingerprint density at radius 2 is 1.56 bits per heavy atom. The van der Waals surface area contributed by atoms with E-state index in [2.05, 4.69) is 9.47 Å². The number of hydrogen-bond donors (Lipinski definition) is 0. The second-order valence-corrected chi connectivity index (χ2v) is 1.38. The first-order valence-corrected chi connectivity index (χ1v) is 2.12. The molecule has 1 aliphatic rings. The van der Waals surface area contributed by atoms with Crippen molar-refractivity contribution in [2.24, 2.45) is 0 Å². The molecule has 0 aromatic rings. The minimum atomic E-state index is -0.905. The number of carbonyl (C=O) groups is 2. The van der Waals surface area contributed by atoms with Crippen LogP contribution in [0, 0.1) is 0 Å². The molecule has 52 valence electrons. The topological polar surface area (TPSA) is 52.6 Å². The van der Waals surface area contributed by atoms with E-state index in [1.54, 1.807) is 0 Å². The molecule has 4 nitrogen and oxygen atoms in total. The van der Waals surface area contributed by atoms with E-state index in [1.165, 1.54) is 6.92 Å². The molecule has 0 spiro atoms. The summed E-state index contributed by atoms with van der Waals surface area (Å²) in [6.45, 7) is 1.48. The molecule has 0 radical (unpaired) electrons. The van der Waals surface area contributed by atoms with Gasteiger partial charge in [0.1, 0.15) is 0 Å². The van der Waals surface area contributed by atoms with Crippen LogP contribution >= 0.6 is 0 Å². The Morgan fingerprint density at radius 3 is 1.67 bits per heavy atom. The van der Waals surface area contributed by atoms with Crippen LogP contribution in [-0.4, -0.2) is 18.2 Å². The number of cyclic esters (lactones) is 2. The molecule has 0 N–H and O–H groups in total. The monoisotopic (exact) mass is 132 g/mol. The van der Waals surface area contributed by atoms with Gasteiger partial charge in [-0.05, 0) is 0 Å². The quantitative estimate of drug-likeness (QED) is 0.345. The number of ether oxygens (including phenoxy) is 2. The Bertz CT molecular complexity index is 124. The molecule has 4 heteroatoms. The first-order chi connectivity index (χ1) is 3.70. The van der Waals surface area contributed by atoms with Gasteiger partial charge in [0.15, 0.2) is 0 Å². The summed E-state index contributed by atoms with van der Waals surface area (Å²) in [5.74, 6) is -1.81. The third kappa shape index (κ3) is 1.42. The molecule has 0 bridgehead atoms. The fraction of sp³-hybridized carbons (Fsp3) is 0.600. The lowest BCUT2D eigenvalue weighted by Gasteiger charge is -1.94. The average molecular weight is 132 g/mol. The van der Waals surface area contributed by atoms with Crippen LogP contribution in [0.5, 0.6) is 0 Å². The molecule has 0 aliphatic carbocycles. The molecular weight excluding hydrogens is 124 g/mol. The molecule has 1 fully saturated rings. The van der Waals surface area contributed by atoms with Crippen LogP contribution in [0.3, 0.4) is 0 Å². The zero-order chi connectivity index (χ0) is 6.15. The molecule has 9 heavy (non-hydrogen) atoms. The Balaban J connectivity index is 0.000000640. The van der Waals surface area contributed by atoms with Crippen LogP contribution in [0.2, 0.25) is 0 Å². The SMILES string of the molecule is C.CC1OC(=O)C(=O)O1. The van der Waals surface area contributed by atoms with Gasteiger partial charge >= 0.3 is 11.9 Å². The molecule has 1 heterocycles. The maximum Gasteiger partial charge on any atom is 0.420 e. The minimum Gasteiger partial charge on any atom is -0.417 e. The molecule has 0 aromatic heterocycles. The van der Waals surface area contributed by atoms with Gasteiger partial charge in [0.25, 0.3) is 0 Å². The van der Waals surface area contributed by atoms with Crippen molar-refractivity contribution in [3.8, 4) is 0 Å². The highest BCUT2D eigenvalue weighted by Crippen LogP contribution is 2.03. The Morgan fingerprint density at radius 1 is 1.22 bits per heavy atom. The van der Waals surface area contributed by atoms with Crippen molar-refractivity contribution in [3.05, 3.63) is 0 Å². The van der Waals surface area contributed by atoms with Gasteiger partial charge in [-0.1, -0.05) is 7.43 Å². The normalized spacial score (nSPS) is 18.3. The lowest BCUT2D eigenvalue weighted by molar-refractivity contribution is -0.150. The van der Waals surface area contributed by atoms with Gasteiger partial charge in [0.05, 0.1) is 0 Å². The first-order valence-electron chi connectivity index (χ1n) is 2.12. The average Bonchev–Trinajstić information content (AvgIpc) is 1.85. The second kappa shape index (κ2) is 2.48. The third-order valence-corrected chi connectivity index (χ3v) is 0.713. The highest BCUT2D eigenvalue weighted by Gasteiger charge is 2.30. The lowest BCUT2D eigenvalue weighted by Crippen LogP contribution is -2.05. The van der Waals surface area contributed by atoms with Crippen molar-refractivity contribution in [3.63, 3.8) is 0 Å². The Kier molecular flexibility index (Phi) is 2.19. The molecule has 0 aromatic carbocycles. The van der Waals surface area contributed by atoms with Crippen molar-refractivity contribution >= 4 is 11.9 Å². The molecule has 0 saturated carbocycles. The highest BCUT2D eigenvalue weighted by atomic mass is 16.8. The Hall–Kier alpha value is -1.06. The maximum atomic E-state index is 10.1. The molecule has 0 amide bonds. The molecular formula is C5H8O4. The summed E-state index contributed by atoms with van der Waals surface area (Å²) in [6, 6.07) is 0. The standard InChI is InChI=1S/C4H4O4.CH4/c1-2-7-3(5)4(6)8-2;/h2H,1H3;1H4. The number of hydrogen-bond acceptors (Lipinski definition) is 4. The van der Waals surface area contributed by atoms with E-state index >= 15 is 0 Å². The summed E-state index contributed by atoms with van der Waals surface area (Å²) < 4.78 is 8.53. The molecule has 1 saturated heterocycles. The summed E-state index contributed by atoms with van der Waals surface area (Å²) in [7, 11) is 0. The smallest absolute Gasteiger partial charge is 0.417 e. The third-order valence-electron chi connectivity index (χ3n) is 0.713. The summed E-state index contributed by atoms with van der Waals surface area (Å²) in [4.78, 5) is 20.2. The zero-order valence-electron chi connectivity index (χ0n) is 4.21. The van der Waals surface area contributed by atoms with E-state index in [9.17, 15) is 9.59 Å². The number of rotatable bonds is 0. The largest absolute Gasteiger partial charge is 0.420 e. The summed E-state index contributed by atoms with van der Waals surface area (Å²) >= 11 is 0. The van der Waals surface area contributed by atoms with Crippen molar-refractivity contribution in [1.82, 2.24) is 0 Å². The fourth-order valence-corrected chi connectivity index (χ4v) is 0.422. The minimum absolute atomic E-state index is 0. The van der Waals surface area contributed by atoms with Gasteiger partial charge in [0.2, 0.25) is 6.29 Å². The number of esters is 2. The maximum absolute atomic E-state index is 10.1. The van der Waals surface area contributed by atoms with Gasteiger partial charge in [-0.2, -0.15) is 0 Å². The molecule has 0 unspecified atom stereocenters. The predicted molar refractivity (Wildman–Crippen MR) is 28.4 cm³/mol. The van der Waals surface area contributed by atoms with Crippen LogP contribution in [-0.2, 0) is 19.1 Å². The number of carbonyl (C=O) groups excluding carboxylic acids is 2. The van der Waals surface area contributed by atoms with E-state index in [4.69, 9.17) is 0 Å². The van der Waals surface area contributed by atoms with E-state index in [0.717, 1.165) is 0 Å². The second-order valence-electron chi connectivity index (χ2n) is 1.38. The van der Waals surface area contributed by atoms with E-state index in [-0.39, 0.29) is 7.43 Å². The Labute approximate surface area is 52.7 Å². The van der Waals surface area contributed by atoms with Gasteiger partial charge in [0, 0.05) is 6.92 Å². The fourth-order valence-electron chi connectivity index (χ4n) is 0.422. The van der Waals surface area contributed by atoms with Gasteiger partial charge in [-0.15, -0.1) is 0 Å². The highest BCUT2D eigenvalue weighted by molar-refractivity contribution is 6.30. The van der Waals surface area contributed by atoms with Crippen molar-refractivity contribution in [2.45, 2.75) is 20.6 Å². The van der Waals surface area contributed by atoms with E-state index < -0.39 is 18.2 Å². The van der Waals surface area contributed by atoms with Crippen molar-refractivity contribution < 1.29 is 19.1 Å². The molecule has 1 rings (SSSR count). The van der Waals surface area contributed by atoms with E-state index in [0.29, 0.717) is 0 Å². The van der Waals surface area contributed by atoms with Gasteiger partial charge in [-0.25, -0.2) is 9.59 Å².